The average Bonchev–Trinajstić information content (AvgIpc) is 2.93. The van der Waals surface area contributed by atoms with Crippen molar-refractivity contribution in [2.45, 2.75) is 25.3 Å². The molecule has 1 N–H and O–H groups in total. The summed E-state index contributed by atoms with van der Waals surface area (Å²) in [6, 6.07) is 5.23. The average molecular weight is 326 g/mol. The van der Waals surface area contributed by atoms with E-state index in [9.17, 15) is 9.18 Å². The van der Waals surface area contributed by atoms with Crippen LogP contribution in [0.1, 0.15) is 18.4 Å². The first-order chi connectivity index (χ1) is 10.6. The molecule has 1 aromatic rings. The lowest BCUT2D eigenvalue weighted by Crippen LogP contribution is -2.46. The number of halogens is 2. The van der Waals surface area contributed by atoms with Crippen LogP contribution in [0, 0.1) is 5.82 Å². The van der Waals surface area contributed by atoms with Gasteiger partial charge in [0.2, 0.25) is 0 Å². The van der Waals surface area contributed by atoms with E-state index >= 15 is 0 Å². The lowest BCUT2D eigenvalue weighted by Gasteiger charge is -2.36. The molecule has 0 radical (unpaired) electrons. The van der Waals surface area contributed by atoms with E-state index in [2.05, 4.69) is 10.2 Å². The van der Waals surface area contributed by atoms with Gasteiger partial charge in [-0.05, 0) is 31.4 Å². The smallest absolute Gasteiger partial charge is 0.317 e. The van der Waals surface area contributed by atoms with Crippen LogP contribution in [-0.4, -0.2) is 54.6 Å². The van der Waals surface area contributed by atoms with E-state index in [1.807, 2.05) is 4.90 Å². The standard InChI is InChI=1S/C16H21ClFN3O/c17-14-2-1-3-15(18)13(14)6-10-20-8-4-12(5-9-20)21-11-7-19-16(21)22/h1-3,12H,4-11H2,(H,19,22). The molecule has 0 bridgehead atoms. The van der Waals surface area contributed by atoms with Gasteiger partial charge in [-0.15, -0.1) is 0 Å². The summed E-state index contributed by atoms with van der Waals surface area (Å²) in [7, 11) is 0. The van der Waals surface area contributed by atoms with Crippen molar-refractivity contribution in [1.82, 2.24) is 15.1 Å². The number of carbonyl (C=O) groups excluding carboxylic acids is 1. The molecule has 0 unspecified atom stereocenters. The Balaban J connectivity index is 1.49. The van der Waals surface area contributed by atoms with E-state index in [-0.39, 0.29) is 11.8 Å². The Morgan fingerprint density at radius 1 is 1.27 bits per heavy atom. The third kappa shape index (κ3) is 3.36. The number of benzene rings is 1. The van der Waals surface area contributed by atoms with Gasteiger partial charge in [-0.1, -0.05) is 17.7 Å². The Morgan fingerprint density at radius 3 is 2.68 bits per heavy atom. The van der Waals surface area contributed by atoms with Gasteiger partial charge in [0, 0.05) is 49.4 Å². The lowest BCUT2D eigenvalue weighted by molar-refractivity contribution is 0.136. The fourth-order valence-electron chi connectivity index (χ4n) is 3.33. The zero-order valence-electron chi connectivity index (χ0n) is 12.5. The highest BCUT2D eigenvalue weighted by Crippen LogP contribution is 2.22. The number of hydrogen-bond acceptors (Lipinski definition) is 2. The van der Waals surface area contributed by atoms with E-state index in [4.69, 9.17) is 11.6 Å². The molecular formula is C16H21ClFN3O. The summed E-state index contributed by atoms with van der Waals surface area (Å²) in [5.74, 6) is -0.226. The zero-order valence-corrected chi connectivity index (χ0v) is 13.3. The number of nitrogens with one attached hydrogen (secondary N) is 1. The van der Waals surface area contributed by atoms with Crippen molar-refractivity contribution in [3.63, 3.8) is 0 Å². The van der Waals surface area contributed by atoms with Crippen molar-refractivity contribution < 1.29 is 9.18 Å². The molecule has 2 amide bonds. The minimum atomic E-state index is -0.226. The summed E-state index contributed by atoms with van der Waals surface area (Å²) >= 11 is 6.06. The Labute approximate surface area is 135 Å². The maximum Gasteiger partial charge on any atom is 0.317 e. The SMILES string of the molecule is O=C1NCCN1C1CCN(CCc2c(F)cccc2Cl)CC1. The van der Waals surface area contributed by atoms with Crippen molar-refractivity contribution in [1.29, 1.82) is 0 Å². The van der Waals surface area contributed by atoms with Gasteiger partial charge in [0.15, 0.2) is 0 Å². The highest BCUT2D eigenvalue weighted by molar-refractivity contribution is 6.31. The lowest BCUT2D eigenvalue weighted by atomic mass is 10.0. The highest BCUT2D eigenvalue weighted by Gasteiger charge is 2.30. The van der Waals surface area contributed by atoms with Crippen LogP contribution < -0.4 is 5.32 Å². The number of urea groups is 1. The Hall–Kier alpha value is -1.33. The molecule has 0 atom stereocenters. The Bertz CT molecular complexity index is 526. The van der Waals surface area contributed by atoms with Gasteiger partial charge in [-0.3, -0.25) is 0 Å². The minimum Gasteiger partial charge on any atom is -0.336 e. The molecule has 22 heavy (non-hydrogen) atoms. The number of piperidine rings is 1. The molecule has 4 nitrogen and oxygen atoms in total. The topological polar surface area (TPSA) is 35.6 Å². The van der Waals surface area contributed by atoms with Crippen LogP contribution >= 0.6 is 11.6 Å². The second-order valence-electron chi connectivity index (χ2n) is 5.95. The molecule has 2 fully saturated rings. The zero-order chi connectivity index (χ0) is 15.5. The van der Waals surface area contributed by atoms with Crippen LogP contribution in [0.2, 0.25) is 5.02 Å². The molecule has 0 spiro atoms. The molecule has 2 aliphatic rings. The van der Waals surface area contributed by atoms with Crippen LogP contribution in [0.25, 0.3) is 0 Å². The van der Waals surface area contributed by atoms with Crippen molar-refractivity contribution in [2.24, 2.45) is 0 Å². The molecule has 120 valence electrons. The van der Waals surface area contributed by atoms with Crippen LogP contribution in [0.4, 0.5) is 9.18 Å². The monoisotopic (exact) mass is 325 g/mol. The minimum absolute atomic E-state index is 0.0663. The van der Waals surface area contributed by atoms with Gasteiger partial charge in [0.1, 0.15) is 5.82 Å². The van der Waals surface area contributed by atoms with Crippen LogP contribution in [0.3, 0.4) is 0 Å². The van der Waals surface area contributed by atoms with E-state index in [1.165, 1.54) is 6.07 Å². The van der Waals surface area contributed by atoms with Gasteiger partial charge in [-0.25, -0.2) is 9.18 Å². The predicted octanol–water partition coefficient (Wildman–Crippen LogP) is 2.51. The number of carbonyl (C=O) groups is 1. The van der Waals surface area contributed by atoms with Crippen molar-refractivity contribution in [2.75, 3.05) is 32.7 Å². The maximum absolute atomic E-state index is 13.8. The molecule has 2 aliphatic heterocycles. The maximum atomic E-state index is 13.8. The van der Waals surface area contributed by atoms with Gasteiger partial charge in [-0.2, -0.15) is 0 Å². The Morgan fingerprint density at radius 2 is 2.05 bits per heavy atom. The predicted molar refractivity (Wildman–Crippen MR) is 84.7 cm³/mol. The normalized spacial score (nSPS) is 20.5. The summed E-state index contributed by atoms with van der Waals surface area (Å²) in [5, 5.41) is 3.36. The number of hydrogen-bond donors (Lipinski definition) is 1. The molecule has 2 saturated heterocycles. The molecule has 2 heterocycles. The Kier molecular flexibility index (Phi) is 4.84. The highest BCUT2D eigenvalue weighted by atomic mass is 35.5. The summed E-state index contributed by atoms with van der Waals surface area (Å²) in [5.41, 5.74) is 0.602. The van der Waals surface area contributed by atoms with Gasteiger partial charge in [0.05, 0.1) is 0 Å². The second-order valence-corrected chi connectivity index (χ2v) is 6.36. The number of likely N-dealkylation sites (tertiary alicyclic amines) is 1. The summed E-state index contributed by atoms with van der Waals surface area (Å²) < 4.78 is 13.8. The van der Waals surface area contributed by atoms with Crippen molar-refractivity contribution in [3.05, 3.63) is 34.6 Å². The molecule has 0 saturated carbocycles. The van der Waals surface area contributed by atoms with Gasteiger partial charge >= 0.3 is 6.03 Å². The molecule has 3 rings (SSSR count). The molecule has 6 heteroatoms. The molecule has 1 aromatic carbocycles. The summed E-state index contributed by atoms with van der Waals surface area (Å²) in [4.78, 5) is 16.0. The largest absolute Gasteiger partial charge is 0.336 e. The van der Waals surface area contributed by atoms with E-state index in [0.29, 0.717) is 23.0 Å². The van der Waals surface area contributed by atoms with Gasteiger partial charge in [0.25, 0.3) is 0 Å². The quantitative estimate of drug-likeness (QED) is 0.923. The molecular weight excluding hydrogens is 305 g/mol. The number of rotatable bonds is 4. The van der Waals surface area contributed by atoms with E-state index in [0.717, 1.165) is 45.6 Å². The third-order valence-corrected chi connectivity index (χ3v) is 4.98. The van der Waals surface area contributed by atoms with E-state index < -0.39 is 0 Å². The van der Waals surface area contributed by atoms with Crippen LogP contribution in [-0.2, 0) is 6.42 Å². The summed E-state index contributed by atoms with van der Waals surface area (Å²) in [6.07, 6.45) is 2.59. The number of nitrogens with zero attached hydrogens (tertiary/aromatic N) is 2. The first kappa shape index (κ1) is 15.6. The third-order valence-electron chi connectivity index (χ3n) is 4.63. The van der Waals surface area contributed by atoms with Gasteiger partial charge < -0.3 is 15.1 Å². The van der Waals surface area contributed by atoms with Crippen molar-refractivity contribution in [3.8, 4) is 0 Å². The van der Waals surface area contributed by atoms with Crippen LogP contribution in [0.5, 0.6) is 0 Å². The first-order valence-electron chi connectivity index (χ1n) is 7.85. The molecule has 0 aromatic heterocycles. The first-order valence-corrected chi connectivity index (χ1v) is 8.22. The molecule has 0 aliphatic carbocycles. The fourth-order valence-corrected chi connectivity index (χ4v) is 3.59. The van der Waals surface area contributed by atoms with Crippen molar-refractivity contribution >= 4 is 17.6 Å². The number of amides is 2. The fraction of sp³-hybridized carbons (Fsp3) is 0.562. The van der Waals surface area contributed by atoms with E-state index in [1.54, 1.807) is 12.1 Å². The van der Waals surface area contributed by atoms with Crippen LogP contribution in [0.15, 0.2) is 18.2 Å². The second kappa shape index (κ2) is 6.84. The summed E-state index contributed by atoms with van der Waals surface area (Å²) in [6.45, 7) is 4.26.